The molecule has 1 amide bonds. The van der Waals surface area contributed by atoms with Crippen molar-refractivity contribution in [1.29, 1.82) is 0 Å². The summed E-state index contributed by atoms with van der Waals surface area (Å²) in [6, 6.07) is -0.892. The fourth-order valence-electron chi connectivity index (χ4n) is 6.95. The summed E-state index contributed by atoms with van der Waals surface area (Å²) in [5.74, 6) is -0.218. The molecule has 0 saturated carbocycles. The van der Waals surface area contributed by atoms with Gasteiger partial charge in [0.05, 0.1) is 39.9 Å². The number of carbonyl (C=O) groups is 1. The normalized spacial score (nSPS) is 15.1. The number of nitrogens with one attached hydrogen (secondary N) is 1. The summed E-state index contributed by atoms with van der Waals surface area (Å²) in [5.41, 5.74) is 0. The summed E-state index contributed by atoms with van der Waals surface area (Å²) < 4.78 is 23.6. The van der Waals surface area contributed by atoms with Crippen molar-refractivity contribution in [1.82, 2.24) is 5.32 Å². The largest absolute Gasteiger partial charge is 0.472 e. The predicted molar refractivity (Wildman–Crippen MR) is 308 cm³/mol. The van der Waals surface area contributed by atoms with E-state index in [9.17, 15) is 19.4 Å². The van der Waals surface area contributed by atoms with Crippen molar-refractivity contribution in [3.05, 3.63) is 146 Å². The summed E-state index contributed by atoms with van der Waals surface area (Å²) in [7, 11) is 1.51. The van der Waals surface area contributed by atoms with Crippen LogP contribution in [0.25, 0.3) is 0 Å². The molecule has 402 valence electrons. The Balaban J connectivity index is 4.34. The topological polar surface area (TPSA) is 105 Å². The zero-order valence-electron chi connectivity index (χ0n) is 45.6. The van der Waals surface area contributed by atoms with Crippen molar-refractivity contribution in [2.45, 2.75) is 199 Å². The van der Waals surface area contributed by atoms with Gasteiger partial charge in [-0.2, -0.15) is 0 Å². The van der Waals surface area contributed by atoms with Gasteiger partial charge in [0.1, 0.15) is 13.2 Å². The number of hydrogen-bond acceptors (Lipinski definition) is 5. The lowest BCUT2D eigenvalue weighted by Gasteiger charge is -2.25. The fraction of sp³-hybridized carbons (Fsp3) is 0.597. The van der Waals surface area contributed by atoms with E-state index in [1.165, 1.54) is 44.9 Å². The van der Waals surface area contributed by atoms with Crippen LogP contribution in [0.1, 0.15) is 187 Å². The van der Waals surface area contributed by atoms with Crippen LogP contribution in [0.2, 0.25) is 0 Å². The van der Waals surface area contributed by atoms with Crippen molar-refractivity contribution >= 4 is 13.7 Å². The van der Waals surface area contributed by atoms with Crippen molar-refractivity contribution in [2.24, 2.45) is 0 Å². The third-order valence-corrected chi connectivity index (χ3v) is 12.3. The summed E-state index contributed by atoms with van der Waals surface area (Å²) in [6.07, 6.45) is 79.4. The van der Waals surface area contributed by atoms with Gasteiger partial charge in [0.2, 0.25) is 5.91 Å². The van der Waals surface area contributed by atoms with E-state index in [0.717, 1.165) is 122 Å². The number of unbranched alkanes of at least 4 members (excludes halogenated alkanes) is 13. The molecule has 0 aliphatic heterocycles. The number of carbonyl (C=O) groups excluding carboxylic acids is 1. The number of aliphatic hydroxyl groups excluding tert-OH is 1. The third-order valence-electron chi connectivity index (χ3n) is 11.3. The first-order valence-corrected chi connectivity index (χ1v) is 29.2. The van der Waals surface area contributed by atoms with Crippen molar-refractivity contribution in [3.8, 4) is 0 Å². The number of allylic oxidation sites excluding steroid dienone is 23. The number of amides is 1. The number of phosphoric acid groups is 1. The van der Waals surface area contributed by atoms with Gasteiger partial charge >= 0.3 is 7.82 Å². The molecule has 0 saturated heterocycles. The lowest BCUT2D eigenvalue weighted by atomic mass is 10.1. The summed E-state index contributed by atoms with van der Waals surface area (Å²) >= 11 is 0. The molecule has 0 aliphatic carbocycles. The Morgan fingerprint density at radius 2 is 0.859 bits per heavy atom. The minimum atomic E-state index is -4.37. The van der Waals surface area contributed by atoms with Crippen LogP contribution in [-0.4, -0.2) is 73.4 Å². The van der Waals surface area contributed by atoms with Crippen LogP contribution in [0.5, 0.6) is 0 Å². The molecule has 0 aliphatic rings. The highest BCUT2D eigenvalue weighted by Gasteiger charge is 2.27. The summed E-state index contributed by atoms with van der Waals surface area (Å²) in [5, 5.41) is 13.9. The molecule has 0 radical (unpaired) electrons. The molecular weight excluding hydrogens is 900 g/mol. The van der Waals surface area contributed by atoms with E-state index in [-0.39, 0.29) is 19.1 Å². The van der Waals surface area contributed by atoms with E-state index >= 15 is 0 Å². The number of aliphatic hydroxyl groups is 1. The maximum Gasteiger partial charge on any atom is 0.472 e. The molecule has 0 heterocycles. The highest BCUT2D eigenvalue weighted by molar-refractivity contribution is 7.47. The monoisotopic (exact) mass is 1000 g/mol. The van der Waals surface area contributed by atoms with Gasteiger partial charge < -0.3 is 19.8 Å². The highest BCUT2D eigenvalue weighted by Crippen LogP contribution is 2.43. The Morgan fingerprint density at radius 3 is 1.30 bits per heavy atom. The molecule has 3 N–H and O–H groups in total. The van der Waals surface area contributed by atoms with Crippen LogP contribution >= 0.6 is 7.82 Å². The molecular formula is C62H104N2O6P+. The van der Waals surface area contributed by atoms with Gasteiger partial charge in [0.25, 0.3) is 0 Å². The van der Waals surface area contributed by atoms with Gasteiger partial charge in [0.15, 0.2) is 0 Å². The Bertz CT molecular complexity index is 1660. The Labute approximate surface area is 436 Å². The van der Waals surface area contributed by atoms with E-state index in [4.69, 9.17) is 9.05 Å². The molecule has 71 heavy (non-hydrogen) atoms. The van der Waals surface area contributed by atoms with Gasteiger partial charge in [-0.05, 0) is 116 Å². The van der Waals surface area contributed by atoms with Crippen LogP contribution in [0.15, 0.2) is 146 Å². The molecule has 3 unspecified atom stereocenters. The Kier molecular flexibility index (Phi) is 48.7. The molecule has 8 nitrogen and oxygen atoms in total. The molecule has 0 fully saturated rings. The number of phosphoric ester groups is 1. The second kappa shape index (κ2) is 51.3. The molecule has 0 aromatic carbocycles. The zero-order chi connectivity index (χ0) is 52.0. The predicted octanol–water partition coefficient (Wildman–Crippen LogP) is 16.9. The molecule has 0 spiro atoms. The van der Waals surface area contributed by atoms with Crippen molar-refractivity contribution < 1.29 is 32.9 Å². The number of likely N-dealkylation sites (N-methyl/N-ethyl adjacent to an activating group) is 1. The lowest BCUT2D eigenvalue weighted by molar-refractivity contribution is -0.870. The highest BCUT2D eigenvalue weighted by atomic mass is 31.2. The number of nitrogens with zero attached hydrogens (tertiary/aromatic N) is 1. The maximum atomic E-state index is 13.0. The van der Waals surface area contributed by atoms with Crippen LogP contribution in [0.4, 0.5) is 0 Å². The molecule has 0 bridgehead atoms. The molecule has 3 atom stereocenters. The number of rotatable bonds is 48. The maximum absolute atomic E-state index is 13.0. The first kappa shape index (κ1) is 67.4. The Morgan fingerprint density at radius 1 is 0.493 bits per heavy atom. The van der Waals surface area contributed by atoms with Gasteiger partial charge in [-0.1, -0.05) is 211 Å². The van der Waals surface area contributed by atoms with Crippen LogP contribution in [0, 0.1) is 0 Å². The molecule has 0 rings (SSSR count). The number of quaternary nitrogens is 1. The minimum Gasteiger partial charge on any atom is -0.387 e. The van der Waals surface area contributed by atoms with Gasteiger partial charge in [0, 0.05) is 6.42 Å². The second-order valence-electron chi connectivity index (χ2n) is 19.2. The van der Waals surface area contributed by atoms with Crippen LogP contribution in [0.3, 0.4) is 0 Å². The van der Waals surface area contributed by atoms with Crippen molar-refractivity contribution in [3.63, 3.8) is 0 Å². The average Bonchev–Trinajstić information content (AvgIpc) is 3.33. The fourth-order valence-corrected chi connectivity index (χ4v) is 7.68. The van der Waals surface area contributed by atoms with Crippen LogP contribution < -0.4 is 5.32 Å². The minimum absolute atomic E-state index is 0.0408. The van der Waals surface area contributed by atoms with Crippen LogP contribution in [-0.2, 0) is 18.4 Å². The standard InChI is InChI=1S/C62H103N2O6P/c1-6-8-10-12-14-16-18-20-22-24-25-26-27-28-29-30-31-32-33-34-35-36-37-38-39-40-42-44-46-48-50-52-54-56-62(66)63-60(59-70-71(67,68)69-58-57-64(3,4)5)61(65)55-53-51-49-47-45-43-41-23-21-19-17-15-13-11-9-7-2/h8,10,14,16,20-23,25-26,28-29,31-32,34-35,37-38,40,42,45,47,53,55,60-61,65H,6-7,9,11-13,15,17-19,24,27,30,33,36,39,41,43-44,46,48-52,54,56-59H2,1-5H3,(H-,63,66,67,68)/p+1/b10-8-,16-14-,22-20-,23-21+,26-25-,29-28-,32-31-,35-34-,38-37-,42-40-,47-45+,55-53+. The SMILES string of the molecule is CC/C=C\C/C=C\C/C=C\C/C=C\C/C=C\C/C=C\C/C=C\C/C=C\C/C=C\CCCCCCCC(=O)NC(COP(=O)(O)OCC[N+](C)(C)C)C(O)/C=C/CC/C=C/CC/C=C/CCCCCCCC. The second-order valence-corrected chi connectivity index (χ2v) is 20.7. The first-order chi connectivity index (χ1) is 34.5. The molecule has 0 aromatic heterocycles. The molecule has 0 aromatic rings. The summed E-state index contributed by atoms with van der Waals surface area (Å²) in [4.78, 5) is 23.2. The average molecular weight is 1000 g/mol. The number of hydrogen-bond donors (Lipinski definition) is 3. The zero-order valence-corrected chi connectivity index (χ0v) is 46.5. The van der Waals surface area contributed by atoms with E-state index in [1.54, 1.807) is 6.08 Å². The van der Waals surface area contributed by atoms with Gasteiger partial charge in [-0.15, -0.1) is 0 Å². The molecule has 9 heteroatoms. The van der Waals surface area contributed by atoms with E-state index in [2.05, 4.69) is 153 Å². The summed E-state index contributed by atoms with van der Waals surface area (Å²) in [6.45, 7) is 4.62. The van der Waals surface area contributed by atoms with Gasteiger partial charge in [-0.25, -0.2) is 4.57 Å². The van der Waals surface area contributed by atoms with Crippen molar-refractivity contribution in [2.75, 3.05) is 40.9 Å². The Hall–Kier alpha value is -3.62. The third kappa shape index (κ3) is 54.0. The van der Waals surface area contributed by atoms with Gasteiger partial charge in [-0.3, -0.25) is 13.8 Å². The van der Waals surface area contributed by atoms with E-state index in [1.807, 2.05) is 27.2 Å². The van der Waals surface area contributed by atoms with E-state index < -0.39 is 20.0 Å². The smallest absolute Gasteiger partial charge is 0.387 e. The quantitative estimate of drug-likeness (QED) is 0.0243. The first-order valence-electron chi connectivity index (χ1n) is 27.7. The lowest BCUT2D eigenvalue weighted by Crippen LogP contribution is -2.45. The van der Waals surface area contributed by atoms with E-state index in [0.29, 0.717) is 17.4 Å².